The molecule has 0 radical (unpaired) electrons. The number of hydrogen-bond donors (Lipinski definition) is 0. The van der Waals surface area contributed by atoms with Gasteiger partial charge in [0, 0.05) is 17.1 Å². The Balaban J connectivity index is 2.29. The van der Waals surface area contributed by atoms with Crippen LogP contribution in [0.25, 0.3) is 22.2 Å². The van der Waals surface area contributed by atoms with Crippen molar-refractivity contribution in [2.24, 2.45) is 0 Å². The molecule has 3 aromatic rings. The number of hydrogen-bond acceptors (Lipinski definition) is 5. The van der Waals surface area contributed by atoms with Gasteiger partial charge in [0.1, 0.15) is 17.0 Å². The van der Waals surface area contributed by atoms with Gasteiger partial charge >= 0.3 is 5.97 Å². The number of ether oxygens (including phenoxy) is 1. The maximum atomic E-state index is 11.9. The van der Waals surface area contributed by atoms with Gasteiger partial charge < -0.3 is 9.26 Å². The Kier molecular flexibility index (Phi) is 2.95. The number of pyridine rings is 1. The lowest BCUT2D eigenvalue weighted by atomic mass is 10.0. The van der Waals surface area contributed by atoms with Crippen molar-refractivity contribution in [2.75, 3.05) is 7.11 Å². The fraction of sp³-hybridized carbons (Fsp3) is 0.133. The Hall–Kier alpha value is -2.69. The quantitative estimate of drug-likeness (QED) is 0.668. The first-order chi connectivity index (χ1) is 9.72. The van der Waals surface area contributed by atoms with Gasteiger partial charge in [0.25, 0.3) is 0 Å². The second-order valence-corrected chi connectivity index (χ2v) is 4.33. The Labute approximate surface area is 115 Å². The lowest BCUT2D eigenvalue weighted by Gasteiger charge is -2.04. The second-order valence-electron chi connectivity index (χ2n) is 4.33. The van der Waals surface area contributed by atoms with Crippen LogP contribution in [0.3, 0.4) is 0 Å². The Morgan fingerprint density at radius 3 is 2.90 bits per heavy atom. The molecule has 3 rings (SSSR count). The summed E-state index contributed by atoms with van der Waals surface area (Å²) in [5, 5.41) is 4.91. The maximum absolute atomic E-state index is 11.9. The van der Waals surface area contributed by atoms with Crippen LogP contribution in [0.5, 0.6) is 0 Å². The molecule has 5 nitrogen and oxygen atoms in total. The SMILES string of the molecule is COC(=O)c1c(-c2cccc3ncccc23)noc1C. The summed E-state index contributed by atoms with van der Waals surface area (Å²) in [6, 6.07) is 9.44. The van der Waals surface area contributed by atoms with E-state index in [1.165, 1.54) is 7.11 Å². The highest BCUT2D eigenvalue weighted by atomic mass is 16.5. The van der Waals surface area contributed by atoms with Crippen molar-refractivity contribution in [1.82, 2.24) is 10.1 Å². The Bertz CT molecular complexity index is 787. The first-order valence-corrected chi connectivity index (χ1v) is 6.11. The standard InChI is InChI=1S/C15H12N2O3/c1-9-13(15(18)19-2)14(17-20-9)11-5-3-7-12-10(11)6-4-8-16-12/h3-8H,1-2H3. The normalized spacial score (nSPS) is 10.7. The maximum Gasteiger partial charge on any atom is 0.343 e. The minimum absolute atomic E-state index is 0.351. The van der Waals surface area contributed by atoms with Crippen LogP contribution < -0.4 is 0 Å². The predicted octanol–water partition coefficient (Wildman–Crippen LogP) is 2.98. The van der Waals surface area contributed by atoms with Crippen LogP contribution >= 0.6 is 0 Å². The van der Waals surface area contributed by atoms with E-state index in [2.05, 4.69) is 10.1 Å². The Morgan fingerprint density at radius 2 is 2.10 bits per heavy atom. The van der Waals surface area contributed by atoms with E-state index in [-0.39, 0.29) is 0 Å². The number of aromatic nitrogens is 2. The summed E-state index contributed by atoms with van der Waals surface area (Å²) < 4.78 is 9.95. The van der Waals surface area contributed by atoms with E-state index in [9.17, 15) is 4.79 Å². The molecule has 0 amide bonds. The van der Waals surface area contributed by atoms with Crippen LogP contribution in [0.1, 0.15) is 16.1 Å². The molecule has 0 aliphatic rings. The summed E-state index contributed by atoms with van der Waals surface area (Å²) >= 11 is 0. The van der Waals surface area contributed by atoms with Crippen molar-refractivity contribution in [3.05, 3.63) is 47.9 Å². The molecule has 2 aromatic heterocycles. The van der Waals surface area contributed by atoms with E-state index in [1.54, 1.807) is 13.1 Å². The minimum atomic E-state index is -0.459. The number of methoxy groups -OCH3 is 1. The third kappa shape index (κ3) is 1.84. The smallest absolute Gasteiger partial charge is 0.343 e. The number of carbonyl (C=O) groups excluding carboxylic acids is 1. The number of fused-ring (bicyclic) bond motifs is 1. The lowest BCUT2D eigenvalue weighted by Crippen LogP contribution is -2.03. The van der Waals surface area contributed by atoms with Gasteiger partial charge in [0.2, 0.25) is 0 Å². The molecule has 0 bridgehead atoms. The summed E-state index contributed by atoms with van der Waals surface area (Å²) in [4.78, 5) is 16.2. The number of nitrogens with zero attached hydrogens (tertiary/aromatic N) is 2. The molecular weight excluding hydrogens is 256 g/mol. The van der Waals surface area contributed by atoms with Crippen LogP contribution in [0.15, 0.2) is 41.1 Å². The monoisotopic (exact) mass is 268 g/mol. The third-order valence-corrected chi connectivity index (χ3v) is 3.15. The first-order valence-electron chi connectivity index (χ1n) is 6.11. The minimum Gasteiger partial charge on any atom is -0.465 e. The van der Waals surface area contributed by atoms with Gasteiger partial charge in [-0.25, -0.2) is 4.79 Å². The average Bonchev–Trinajstić information content (AvgIpc) is 2.87. The lowest BCUT2D eigenvalue weighted by molar-refractivity contribution is 0.0599. The van der Waals surface area contributed by atoms with E-state index in [0.29, 0.717) is 17.0 Å². The third-order valence-electron chi connectivity index (χ3n) is 3.15. The summed E-state index contributed by atoms with van der Waals surface area (Å²) in [7, 11) is 1.34. The summed E-state index contributed by atoms with van der Waals surface area (Å²) in [5.74, 6) is -0.0209. The molecule has 0 unspecified atom stereocenters. The van der Waals surface area contributed by atoms with Crippen LogP contribution in [0, 0.1) is 6.92 Å². The molecule has 0 aliphatic heterocycles. The Morgan fingerprint density at radius 1 is 1.25 bits per heavy atom. The largest absolute Gasteiger partial charge is 0.465 e. The molecule has 0 N–H and O–H groups in total. The topological polar surface area (TPSA) is 65.2 Å². The number of benzene rings is 1. The molecule has 0 fully saturated rings. The van der Waals surface area contributed by atoms with Gasteiger partial charge in [0.15, 0.2) is 0 Å². The van der Waals surface area contributed by atoms with E-state index in [1.807, 2.05) is 30.3 Å². The fourth-order valence-corrected chi connectivity index (χ4v) is 2.21. The van der Waals surface area contributed by atoms with Gasteiger partial charge in [-0.1, -0.05) is 23.4 Å². The van der Waals surface area contributed by atoms with Crippen molar-refractivity contribution in [3.8, 4) is 11.3 Å². The highest BCUT2D eigenvalue weighted by Gasteiger charge is 2.23. The molecular formula is C15H12N2O3. The zero-order chi connectivity index (χ0) is 14.1. The van der Waals surface area contributed by atoms with Crippen molar-refractivity contribution in [1.29, 1.82) is 0 Å². The van der Waals surface area contributed by atoms with Crippen LogP contribution in [-0.2, 0) is 4.74 Å². The molecule has 20 heavy (non-hydrogen) atoms. The molecule has 0 saturated heterocycles. The van der Waals surface area contributed by atoms with Crippen molar-refractivity contribution < 1.29 is 14.1 Å². The number of esters is 1. The molecule has 0 saturated carbocycles. The molecule has 5 heteroatoms. The number of aryl methyl sites for hydroxylation is 1. The van der Waals surface area contributed by atoms with Gasteiger partial charge in [0.05, 0.1) is 12.6 Å². The highest BCUT2D eigenvalue weighted by Crippen LogP contribution is 2.31. The summed E-state index contributed by atoms with van der Waals surface area (Å²) in [5.41, 5.74) is 2.46. The summed E-state index contributed by atoms with van der Waals surface area (Å²) in [6.45, 7) is 1.69. The average molecular weight is 268 g/mol. The highest BCUT2D eigenvalue weighted by molar-refractivity contribution is 6.02. The zero-order valence-corrected chi connectivity index (χ0v) is 11.1. The van der Waals surface area contributed by atoms with Crippen molar-refractivity contribution in [2.45, 2.75) is 6.92 Å². The molecule has 0 spiro atoms. The fourth-order valence-electron chi connectivity index (χ4n) is 2.21. The van der Waals surface area contributed by atoms with Crippen LogP contribution in [0.2, 0.25) is 0 Å². The number of rotatable bonds is 2. The second kappa shape index (κ2) is 4.77. The zero-order valence-electron chi connectivity index (χ0n) is 11.1. The van der Waals surface area contributed by atoms with E-state index >= 15 is 0 Å². The van der Waals surface area contributed by atoms with Gasteiger partial charge in [-0.15, -0.1) is 0 Å². The molecule has 1 aromatic carbocycles. The van der Waals surface area contributed by atoms with Gasteiger partial charge in [-0.2, -0.15) is 0 Å². The summed E-state index contributed by atoms with van der Waals surface area (Å²) in [6.07, 6.45) is 1.72. The van der Waals surface area contributed by atoms with Gasteiger partial charge in [-0.3, -0.25) is 4.98 Å². The van der Waals surface area contributed by atoms with Crippen LogP contribution in [-0.4, -0.2) is 23.2 Å². The molecule has 0 atom stereocenters. The molecule has 100 valence electrons. The van der Waals surface area contributed by atoms with E-state index in [4.69, 9.17) is 9.26 Å². The first kappa shape index (κ1) is 12.3. The van der Waals surface area contributed by atoms with Crippen molar-refractivity contribution >= 4 is 16.9 Å². The van der Waals surface area contributed by atoms with Crippen LogP contribution in [0.4, 0.5) is 0 Å². The van der Waals surface area contributed by atoms with E-state index < -0.39 is 5.97 Å². The molecule has 0 aliphatic carbocycles. The predicted molar refractivity (Wildman–Crippen MR) is 73.3 cm³/mol. The van der Waals surface area contributed by atoms with E-state index in [0.717, 1.165) is 16.5 Å². The van der Waals surface area contributed by atoms with Crippen molar-refractivity contribution in [3.63, 3.8) is 0 Å². The van der Waals surface area contributed by atoms with Gasteiger partial charge in [-0.05, 0) is 19.1 Å². The number of carbonyl (C=O) groups is 1. The molecule has 2 heterocycles.